The Bertz CT molecular complexity index is 359. The normalized spacial score (nSPS) is 9.84. The molecule has 148 valence electrons. The van der Waals surface area contributed by atoms with Gasteiger partial charge in [0.25, 0.3) is 0 Å². The molecule has 0 aliphatic rings. The van der Waals surface area contributed by atoms with Gasteiger partial charge in [0.05, 0.1) is 13.2 Å². The van der Waals surface area contributed by atoms with Gasteiger partial charge in [-0.2, -0.15) is 0 Å². The topological polar surface area (TPSA) is 99.6 Å². The average molecular weight is 359 g/mol. The summed E-state index contributed by atoms with van der Waals surface area (Å²) in [4.78, 5) is 22.5. The minimum absolute atomic E-state index is 0. The summed E-state index contributed by atoms with van der Waals surface area (Å²) in [7, 11) is 0. The highest BCUT2D eigenvalue weighted by atomic mass is 16.6. The van der Waals surface area contributed by atoms with Crippen LogP contribution in [-0.4, -0.2) is 31.8 Å². The van der Waals surface area contributed by atoms with Gasteiger partial charge >= 0.3 is 12.1 Å². The molecule has 0 aromatic rings. The number of hydrogen-bond donors (Lipinski definition) is 2. The Hall–Kier alpha value is -1.56. The largest absolute Gasteiger partial charge is 0.460 e. The van der Waals surface area contributed by atoms with Crippen molar-refractivity contribution in [3.8, 4) is 0 Å². The van der Waals surface area contributed by atoms with Gasteiger partial charge in [-0.3, -0.25) is 0 Å². The minimum atomic E-state index is -0.461. The van der Waals surface area contributed by atoms with Crippen molar-refractivity contribution in [2.24, 2.45) is 0 Å². The van der Waals surface area contributed by atoms with Crippen LogP contribution >= 0.6 is 0 Å². The Morgan fingerprint density at radius 1 is 0.840 bits per heavy atom. The predicted octanol–water partition coefficient (Wildman–Crippen LogP) is 4.91. The highest BCUT2D eigenvalue weighted by molar-refractivity contribution is 5.86. The van der Waals surface area contributed by atoms with Gasteiger partial charge in [0, 0.05) is 5.57 Å². The van der Waals surface area contributed by atoms with Gasteiger partial charge in [0.1, 0.15) is 6.61 Å². The number of carbonyl (C=O) groups is 2. The molecule has 1 amide bonds. The third kappa shape index (κ3) is 18.6. The van der Waals surface area contributed by atoms with Crippen molar-refractivity contribution >= 4 is 12.1 Å². The molecule has 0 spiro atoms. The zero-order chi connectivity index (χ0) is 18.0. The standard InChI is InChI=1S/C19H35NO4.H3N/c1-4-5-6-7-8-9-10-11-12-13-15-24-19(22)20-14-16-23-18(21)17(2)3;/h2,4-16H2,1,3H3,(H,20,22);1H3. The molecule has 0 bridgehead atoms. The summed E-state index contributed by atoms with van der Waals surface area (Å²) >= 11 is 0. The van der Waals surface area contributed by atoms with E-state index < -0.39 is 12.1 Å². The molecule has 0 heterocycles. The Morgan fingerprint density at radius 3 is 1.88 bits per heavy atom. The molecule has 4 N–H and O–H groups in total. The van der Waals surface area contributed by atoms with Crippen LogP contribution < -0.4 is 11.5 Å². The van der Waals surface area contributed by atoms with Crippen LogP contribution in [0.3, 0.4) is 0 Å². The minimum Gasteiger partial charge on any atom is -0.460 e. The summed E-state index contributed by atoms with van der Waals surface area (Å²) in [6.07, 6.45) is 12.0. The first-order valence-electron chi connectivity index (χ1n) is 9.31. The van der Waals surface area contributed by atoms with E-state index in [1.807, 2.05) is 0 Å². The lowest BCUT2D eigenvalue weighted by atomic mass is 10.1. The molecule has 0 aromatic carbocycles. The van der Waals surface area contributed by atoms with Gasteiger partial charge in [0.2, 0.25) is 0 Å². The molecule has 0 saturated heterocycles. The Balaban J connectivity index is 0. The maximum atomic E-state index is 11.4. The lowest BCUT2D eigenvalue weighted by Crippen LogP contribution is -2.29. The van der Waals surface area contributed by atoms with Crippen LogP contribution in [0.2, 0.25) is 0 Å². The van der Waals surface area contributed by atoms with Crippen molar-refractivity contribution in [1.82, 2.24) is 11.5 Å². The SMILES string of the molecule is C=C(C)C(=O)OCCNC(=O)OCCCCCCCCCCCC.N. The van der Waals surface area contributed by atoms with Gasteiger partial charge < -0.3 is 20.9 Å². The maximum Gasteiger partial charge on any atom is 0.407 e. The quantitative estimate of drug-likeness (QED) is 0.246. The van der Waals surface area contributed by atoms with Crippen molar-refractivity contribution in [1.29, 1.82) is 0 Å². The smallest absolute Gasteiger partial charge is 0.407 e. The zero-order valence-electron chi connectivity index (χ0n) is 16.2. The van der Waals surface area contributed by atoms with Gasteiger partial charge in [-0.15, -0.1) is 0 Å². The van der Waals surface area contributed by atoms with E-state index in [1.54, 1.807) is 6.92 Å². The van der Waals surface area contributed by atoms with Crippen LogP contribution in [0.15, 0.2) is 12.2 Å². The van der Waals surface area contributed by atoms with Crippen molar-refractivity contribution in [3.05, 3.63) is 12.2 Å². The second-order valence-electron chi connectivity index (χ2n) is 6.16. The highest BCUT2D eigenvalue weighted by Gasteiger charge is 2.04. The molecule has 0 atom stereocenters. The fraction of sp³-hybridized carbons (Fsp3) is 0.789. The summed E-state index contributed by atoms with van der Waals surface area (Å²) in [6, 6.07) is 0. The number of rotatable bonds is 15. The molecule has 0 rings (SSSR count). The molecule has 25 heavy (non-hydrogen) atoms. The van der Waals surface area contributed by atoms with E-state index in [0.717, 1.165) is 12.8 Å². The first-order chi connectivity index (χ1) is 11.6. The third-order valence-corrected chi connectivity index (χ3v) is 3.68. The van der Waals surface area contributed by atoms with Gasteiger partial charge in [-0.1, -0.05) is 71.3 Å². The first-order valence-corrected chi connectivity index (χ1v) is 9.31. The number of hydrogen-bond acceptors (Lipinski definition) is 5. The molecular formula is C19H38N2O4. The average Bonchev–Trinajstić information content (AvgIpc) is 2.56. The molecule has 0 aromatic heterocycles. The monoisotopic (exact) mass is 358 g/mol. The predicted molar refractivity (Wildman–Crippen MR) is 102 cm³/mol. The van der Waals surface area contributed by atoms with E-state index in [4.69, 9.17) is 9.47 Å². The van der Waals surface area contributed by atoms with Crippen LogP contribution in [0, 0.1) is 0 Å². The number of carbonyl (C=O) groups excluding carboxylic acids is 2. The first kappa shape index (κ1) is 25.7. The number of alkyl carbamates (subject to hydrolysis) is 1. The van der Waals surface area contributed by atoms with Crippen molar-refractivity contribution in [2.45, 2.75) is 78.1 Å². The van der Waals surface area contributed by atoms with E-state index >= 15 is 0 Å². The lowest BCUT2D eigenvalue weighted by molar-refractivity contribution is -0.138. The van der Waals surface area contributed by atoms with E-state index in [2.05, 4.69) is 18.8 Å². The molecule has 0 aliphatic heterocycles. The molecule has 0 radical (unpaired) electrons. The molecule has 0 fully saturated rings. The van der Waals surface area contributed by atoms with Crippen LogP contribution in [0.25, 0.3) is 0 Å². The summed E-state index contributed by atoms with van der Waals surface area (Å²) in [5.41, 5.74) is 0.346. The zero-order valence-corrected chi connectivity index (χ0v) is 16.2. The van der Waals surface area contributed by atoms with Crippen molar-refractivity contribution in [3.63, 3.8) is 0 Å². The number of amides is 1. The summed E-state index contributed by atoms with van der Waals surface area (Å²) < 4.78 is 9.92. The number of esters is 1. The van der Waals surface area contributed by atoms with Crippen LogP contribution in [0.4, 0.5) is 4.79 Å². The van der Waals surface area contributed by atoms with Crippen molar-refractivity contribution in [2.75, 3.05) is 19.8 Å². The van der Waals surface area contributed by atoms with E-state index in [0.29, 0.717) is 12.2 Å². The summed E-state index contributed by atoms with van der Waals surface area (Å²) in [5, 5.41) is 2.54. The maximum absolute atomic E-state index is 11.4. The third-order valence-electron chi connectivity index (χ3n) is 3.68. The van der Waals surface area contributed by atoms with Crippen LogP contribution in [0.1, 0.15) is 78.1 Å². The fourth-order valence-electron chi connectivity index (χ4n) is 2.23. The van der Waals surface area contributed by atoms with E-state index in [-0.39, 0.29) is 19.3 Å². The lowest BCUT2D eigenvalue weighted by Gasteiger charge is -2.08. The molecule has 0 unspecified atom stereocenters. The highest BCUT2D eigenvalue weighted by Crippen LogP contribution is 2.10. The van der Waals surface area contributed by atoms with Crippen LogP contribution in [0.5, 0.6) is 0 Å². The molecule has 6 heteroatoms. The van der Waals surface area contributed by atoms with Crippen molar-refractivity contribution < 1.29 is 19.1 Å². The fourth-order valence-corrected chi connectivity index (χ4v) is 2.23. The molecule has 6 nitrogen and oxygen atoms in total. The summed E-state index contributed by atoms with van der Waals surface area (Å²) in [6.45, 7) is 8.10. The molecular weight excluding hydrogens is 320 g/mol. The Morgan fingerprint density at radius 2 is 1.36 bits per heavy atom. The Kier molecular flexibility index (Phi) is 19.3. The van der Waals surface area contributed by atoms with E-state index in [1.165, 1.54) is 51.4 Å². The number of unbranched alkanes of at least 4 members (excludes halogenated alkanes) is 9. The van der Waals surface area contributed by atoms with Gasteiger partial charge in [-0.05, 0) is 13.3 Å². The number of nitrogens with one attached hydrogen (secondary N) is 1. The van der Waals surface area contributed by atoms with Gasteiger partial charge in [0.15, 0.2) is 0 Å². The molecule has 0 aliphatic carbocycles. The second kappa shape index (κ2) is 18.8. The van der Waals surface area contributed by atoms with Gasteiger partial charge in [-0.25, -0.2) is 9.59 Å². The molecule has 0 saturated carbocycles. The Labute approximate surface area is 153 Å². The number of ether oxygens (including phenoxy) is 2. The second-order valence-corrected chi connectivity index (χ2v) is 6.16. The van der Waals surface area contributed by atoms with E-state index in [9.17, 15) is 9.59 Å². The summed E-state index contributed by atoms with van der Waals surface area (Å²) in [5.74, 6) is -0.449. The van der Waals surface area contributed by atoms with Crippen LogP contribution in [-0.2, 0) is 14.3 Å².